The zero-order valence-electron chi connectivity index (χ0n) is 12.3. The highest BCUT2D eigenvalue weighted by Gasteiger charge is 2.20. The number of carbonyl (C=O) groups is 1. The largest absolute Gasteiger partial charge is 0.380 e. The number of anilines is 1. The van der Waals surface area contributed by atoms with Crippen molar-refractivity contribution < 1.29 is 9.72 Å². The minimum absolute atomic E-state index is 0.0176. The molecule has 1 aromatic carbocycles. The Morgan fingerprint density at radius 3 is 2.50 bits per heavy atom. The van der Waals surface area contributed by atoms with Gasteiger partial charge in [-0.2, -0.15) is 0 Å². The summed E-state index contributed by atoms with van der Waals surface area (Å²) in [6.07, 6.45) is 0. The summed E-state index contributed by atoms with van der Waals surface area (Å²) in [5.74, 6) is -0.114. The standard InChI is InChI=1S/C14H21N3O3/c1-5-15-12-9-11(7-8-13(12)17(19)20)14(18)16(6-2)10(3)4/h7-10,15H,5-6H2,1-4H3. The van der Waals surface area contributed by atoms with Crippen molar-refractivity contribution in [2.45, 2.75) is 33.7 Å². The van der Waals surface area contributed by atoms with Crippen molar-refractivity contribution in [2.24, 2.45) is 0 Å². The first kappa shape index (κ1) is 15.9. The van der Waals surface area contributed by atoms with Crippen molar-refractivity contribution in [2.75, 3.05) is 18.4 Å². The minimum Gasteiger partial charge on any atom is -0.380 e. The van der Waals surface area contributed by atoms with Gasteiger partial charge in [-0.15, -0.1) is 0 Å². The Morgan fingerprint density at radius 2 is 2.05 bits per heavy atom. The van der Waals surface area contributed by atoms with E-state index in [1.807, 2.05) is 27.7 Å². The molecule has 0 radical (unpaired) electrons. The van der Waals surface area contributed by atoms with Crippen molar-refractivity contribution >= 4 is 17.3 Å². The number of hydrogen-bond donors (Lipinski definition) is 1. The second-order valence-electron chi connectivity index (χ2n) is 4.70. The summed E-state index contributed by atoms with van der Waals surface area (Å²) < 4.78 is 0. The molecular formula is C14H21N3O3. The molecule has 0 saturated heterocycles. The molecule has 1 amide bonds. The Bertz CT molecular complexity index is 500. The zero-order valence-corrected chi connectivity index (χ0v) is 12.3. The monoisotopic (exact) mass is 279 g/mol. The van der Waals surface area contributed by atoms with Gasteiger partial charge in [0, 0.05) is 30.8 Å². The number of benzene rings is 1. The topological polar surface area (TPSA) is 75.5 Å². The summed E-state index contributed by atoms with van der Waals surface area (Å²) in [5.41, 5.74) is 0.821. The molecule has 0 aliphatic heterocycles. The summed E-state index contributed by atoms with van der Waals surface area (Å²) in [4.78, 5) is 24.6. The predicted molar refractivity (Wildman–Crippen MR) is 79.1 cm³/mol. The molecular weight excluding hydrogens is 258 g/mol. The Balaban J connectivity index is 3.17. The lowest BCUT2D eigenvalue weighted by Crippen LogP contribution is -2.36. The maximum Gasteiger partial charge on any atom is 0.292 e. The number of nitro benzene ring substituents is 1. The molecule has 0 aromatic heterocycles. The van der Waals surface area contributed by atoms with Crippen LogP contribution >= 0.6 is 0 Å². The van der Waals surface area contributed by atoms with Gasteiger partial charge in [0.05, 0.1) is 4.92 Å². The van der Waals surface area contributed by atoms with Crippen LogP contribution in [0.2, 0.25) is 0 Å². The first-order valence-electron chi connectivity index (χ1n) is 6.75. The lowest BCUT2D eigenvalue weighted by molar-refractivity contribution is -0.384. The molecule has 1 N–H and O–H groups in total. The van der Waals surface area contributed by atoms with Gasteiger partial charge in [0.25, 0.3) is 11.6 Å². The highest BCUT2D eigenvalue weighted by atomic mass is 16.6. The number of hydrogen-bond acceptors (Lipinski definition) is 4. The summed E-state index contributed by atoms with van der Waals surface area (Å²) in [6.45, 7) is 8.80. The fraction of sp³-hybridized carbons (Fsp3) is 0.500. The zero-order chi connectivity index (χ0) is 15.3. The molecule has 0 atom stereocenters. The van der Waals surface area contributed by atoms with Crippen molar-refractivity contribution in [3.8, 4) is 0 Å². The van der Waals surface area contributed by atoms with E-state index in [-0.39, 0.29) is 17.6 Å². The van der Waals surface area contributed by atoms with E-state index in [1.165, 1.54) is 12.1 Å². The molecule has 1 aromatic rings. The molecule has 6 heteroatoms. The molecule has 6 nitrogen and oxygen atoms in total. The van der Waals surface area contributed by atoms with Crippen LogP contribution < -0.4 is 5.32 Å². The van der Waals surface area contributed by atoms with E-state index < -0.39 is 4.92 Å². The third-order valence-electron chi connectivity index (χ3n) is 3.03. The van der Waals surface area contributed by atoms with Crippen LogP contribution in [0.4, 0.5) is 11.4 Å². The highest BCUT2D eigenvalue weighted by molar-refractivity contribution is 5.96. The predicted octanol–water partition coefficient (Wildman–Crippen LogP) is 2.90. The normalized spacial score (nSPS) is 10.4. The lowest BCUT2D eigenvalue weighted by Gasteiger charge is -2.25. The molecule has 0 bridgehead atoms. The molecule has 0 heterocycles. The van der Waals surface area contributed by atoms with Crippen LogP contribution in [0.1, 0.15) is 38.1 Å². The lowest BCUT2D eigenvalue weighted by atomic mass is 10.1. The molecule has 0 spiro atoms. The Kier molecular flexibility index (Phi) is 5.49. The number of rotatable bonds is 6. The summed E-state index contributed by atoms with van der Waals surface area (Å²) in [5, 5.41) is 13.9. The van der Waals surface area contributed by atoms with Gasteiger partial charge in [0.15, 0.2) is 0 Å². The van der Waals surface area contributed by atoms with Gasteiger partial charge >= 0.3 is 0 Å². The van der Waals surface area contributed by atoms with Crippen LogP contribution in [0.5, 0.6) is 0 Å². The van der Waals surface area contributed by atoms with Gasteiger partial charge in [0.1, 0.15) is 5.69 Å². The maximum absolute atomic E-state index is 12.4. The average molecular weight is 279 g/mol. The summed E-state index contributed by atoms with van der Waals surface area (Å²) in [6, 6.07) is 4.52. The van der Waals surface area contributed by atoms with Crippen LogP contribution in [0, 0.1) is 10.1 Å². The Labute approximate surface area is 118 Å². The smallest absolute Gasteiger partial charge is 0.292 e. The molecule has 0 aliphatic carbocycles. The number of nitro groups is 1. The highest BCUT2D eigenvalue weighted by Crippen LogP contribution is 2.26. The van der Waals surface area contributed by atoms with Gasteiger partial charge < -0.3 is 10.2 Å². The van der Waals surface area contributed by atoms with E-state index in [0.717, 1.165) is 0 Å². The quantitative estimate of drug-likeness (QED) is 0.641. The molecule has 0 fully saturated rings. The van der Waals surface area contributed by atoms with Crippen LogP contribution in [0.15, 0.2) is 18.2 Å². The van der Waals surface area contributed by atoms with E-state index in [2.05, 4.69) is 5.32 Å². The van der Waals surface area contributed by atoms with Gasteiger partial charge in [-0.25, -0.2) is 0 Å². The van der Waals surface area contributed by atoms with Crippen LogP contribution in [-0.2, 0) is 0 Å². The first-order valence-corrected chi connectivity index (χ1v) is 6.75. The fourth-order valence-corrected chi connectivity index (χ4v) is 2.07. The van der Waals surface area contributed by atoms with Gasteiger partial charge in [-0.3, -0.25) is 14.9 Å². The third-order valence-corrected chi connectivity index (χ3v) is 3.03. The van der Waals surface area contributed by atoms with E-state index in [0.29, 0.717) is 24.3 Å². The first-order chi connectivity index (χ1) is 9.42. The molecule has 1 rings (SSSR count). The van der Waals surface area contributed by atoms with Crippen LogP contribution in [0.25, 0.3) is 0 Å². The summed E-state index contributed by atoms with van der Waals surface area (Å²) in [7, 11) is 0. The SMILES string of the molecule is CCNc1cc(C(=O)N(CC)C(C)C)ccc1[N+](=O)[O-]. The number of amides is 1. The average Bonchev–Trinajstić information content (AvgIpc) is 2.39. The van der Waals surface area contributed by atoms with Crippen molar-refractivity contribution in [3.05, 3.63) is 33.9 Å². The maximum atomic E-state index is 12.4. The van der Waals surface area contributed by atoms with E-state index in [9.17, 15) is 14.9 Å². The van der Waals surface area contributed by atoms with E-state index in [4.69, 9.17) is 0 Å². The van der Waals surface area contributed by atoms with Crippen LogP contribution in [0.3, 0.4) is 0 Å². The Hall–Kier alpha value is -2.11. The fourth-order valence-electron chi connectivity index (χ4n) is 2.07. The molecule has 0 unspecified atom stereocenters. The Morgan fingerprint density at radius 1 is 1.40 bits per heavy atom. The molecule has 110 valence electrons. The molecule has 0 aliphatic rings. The van der Waals surface area contributed by atoms with Crippen molar-refractivity contribution in [3.63, 3.8) is 0 Å². The van der Waals surface area contributed by atoms with Crippen molar-refractivity contribution in [1.29, 1.82) is 0 Å². The van der Waals surface area contributed by atoms with Gasteiger partial charge in [-0.05, 0) is 39.8 Å². The molecule has 0 saturated carbocycles. The second kappa shape index (κ2) is 6.88. The summed E-state index contributed by atoms with van der Waals surface area (Å²) >= 11 is 0. The van der Waals surface area contributed by atoms with Gasteiger partial charge in [-0.1, -0.05) is 0 Å². The third kappa shape index (κ3) is 3.46. The second-order valence-corrected chi connectivity index (χ2v) is 4.70. The number of carbonyl (C=O) groups excluding carboxylic acids is 1. The van der Waals surface area contributed by atoms with E-state index in [1.54, 1.807) is 11.0 Å². The van der Waals surface area contributed by atoms with E-state index >= 15 is 0 Å². The number of nitrogens with one attached hydrogen (secondary N) is 1. The number of nitrogens with zero attached hydrogens (tertiary/aromatic N) is 2. The van der Waals surface area contributed by atoms with Gasteiger partial charge in [0.2, 0.25) is 0 Å². The van der Waals surface area contributed by atoms with Crippen molar-refractivity contribution in [1.82, 2.24) is 4.90 Å². The molecule has 20 heavy (non-hydrogen) atoms. The minimum atomic E-state index is -0.452. The van der Waals surface area contributed by atoms with Crippen LogP contribution in [-0.4, -0.2) is 34.9 Å².